The molecule has 0 aliphatic heterocycles. The Kier molecular flexibility index (Phi) is 2.73. The van der Waals surface area contributed by atoms with Gasteiger partial charge in [-0.1, -0.05) is 25.4 Å². The van der Waals surface area contributed by atoms with Crippen molar-refractivity contribution in [1.82, 2.24) is 14.5 Å². The lowest BCUT2D eigenvalue weighted by Gasteiger charge is -2.05. The zero-order valence-corrected chi connectivity index (χ0v) is 9.44. The molecule has 0 aliphatic rings. The monoisotopic (exact) mass is 221 g/mol. The molecule has 2 aromatic rings. The highest BCUT2D eigenvalue weighted by Crippen LogP contribution is 2.14. The van der Waals surface area contributed by atoms with E-state index in [1.165, 1.54) is 0 Å². The first-order valence-electron chi connectivity index (χ1n) is 4.82. The van der Waals surface area contributed by atoms with Crippen molar-refractivity contribution >= 4 is 11.6 Å². The molecular formula is C11H12ClN3. The zero-order chi connectivity index (χ0) is 10.8. The van der Waals surface area contributed by atoms with Crippen LogP contribution in [0.2, 0.25) is 5.15 Å². The summed E-state index contributed by atoms with van der Waals surface area (Å²) in [5.74, 6) is 0.449. The van der Waals surface area contributed by atoms with Gasteiger partial charge in [0.15, 0.2) is 0 Å². The first-order chi connectivity index (χ1) is 7.16. The van der Waals surface area contributed by atoms with Gasteiger partial charge in [-0.2, -0.15) is 0 Å². The summed E-state index contributed by atoms with van der Waals surface area (Å²) in [5.41, 5.74) is 2.06. The molecule has 3 nitrogen and oxygen atoms in total. The Balaban J connectivity index is 2.31. The predicted molar refractivity (Wildman–Crippen MR) is 60.5 cm³/mol. The van der Waals surface area contributed by atoms with Crippen LogP contribution in [0.25, 0.3) is 5.69 Å². The fraction of sp³-hybridized carbons (Fsp3) is 0.273. The number of imidazole rings is 1. The van der Waals surface area contributed by atoms with E-state index in [4.69, 9.17) is 11.6 Å². The van der Waals surface area contributed by atoms with E-state index in [2.05, 4.69) is 23.8 Å². The molecule has 0 amide bonds. The lowest BCUT2D eigenvalue weighted by atomic mass is 10.1. The Hall–Kier alpha value is -1.35. The summed E-state index contributed by atoms with van der Waals surface area (Å²) in [5, 5.41) is 0.489. The summed E-state index contributed by atoms with van der Waals surface area (Å²) in [7, 11) is 0. The van der Waals surface area contributed by atoms with Gasteiger partial charge in [0.25, 0.3) is 0 Å². The van der Waals surface area contributed by atoms with Gasteiger partial charge in [0.05, 0.1) is 11.9 Å². The van der Waals surface area contributed by atoms with Crippen LogP contribution in [0.15, 0.2) is 30.9 Å². The summed E-state index contributed by atoms with van der Waals surface area (Å²) >= 11 is 5.74. The van der Waals surface area contributed by atoms with E-state index in [1.54, 1.807) is 12.5 Å². The first-order valence-corrected chi connectivity index (χ1v) is 5.20. The molecule has 0 aromatic carbocycles. The second kappa shape index (κ2) is 4.03. The van der Waals surface area contributed by atoms with Crippen LogP contribution in [0.4, 0.5) is 0 Å². The minimum atomic E-state index is 0.449. The molecule has 0 atom stereocenters. The Morgan fingerprint density at radius 3 is 2.53 bits per heavy atom. The maximum atomic E-state index is 5.74. The van der Waals surface area contributed by atoms with Gasteiger partial charge in [-0.05, 0) is 18.1 Å². The van der Waals surface area contributed by atoms with Gasteiger partial charge < -0.3 is 4.57 Å². The summed E-state index contributed by atoms with van der Waals surface area (Å²) in [6, 6.07) is 4.04. The molecule has 2 rings (SSSR count). The summed E-state index contributed by atoms with van der Waals surface area (Å²) in [6.45, 7) is 4.24. The Morgan fingerprint density at radius 2 is 2.07 bits per heavy atom. The standard InChI is InChI=1S/C11H12ClN3/c1-8(2)10-4-3-9(5-13-10)15-6-11(12)14-7-15/h3-8H,1-2H3. The van der Waals surface area contributed by atoms with Crippen LogP contribution in [-0.4, -0.2) is 14.5 Å². The molecule has 0 radical (unpaired) electrons. The van der Waals surface area contributed by atoms with E-state index in [0.717, 1.165) is 11.4 Å². The van der Waals surface area contributed by atoms with Crippen LogP contribution in [0.1, 0.15) is 25.5 Å². The number of hydrogen-bond acceptors (Lipinski definition) is 2. The third kappa shape index (κ3) is 2.18. The van der Waals surface area contributed by atoms with Crippen molar-refractivity contribution in [2.45, 2.75) is 19.8 Å². The van der Waals surface area contributed by atoms with Gasteiger partial charge in [0.1, 0.15) is 11.5 Å². The maximum Gasteiger partial charge on any atom is 0.147 e. The molecular weight excluding hydrogens is 210 g/mol. The fourth-order valence-corrected chi connectivity index (χ4v) is 1.48. The van der Waals surface area contributed by atoms with E-state index in [9.17, 15) is 0 Å². The summed E-state index contributed by atoms with van der Waals surface area (Å²) < 4.78 is 1.85. The fourth-order valence-electron chi connectivity index (χ4n) is 1.33. The third-order valence-electron chi connectivity index (χ3n) is 2.21. The topological polar surface area (TPSA) is 30.7 Å². The highest BCUT2D eigenvalue weighted by Gasteiger charge is 2.02. The average molecular weight is 222 g/mol. The lowest BCUT2D eigenvalue weighted by Crippen LogP contribution is -1.95. The highest BCUT2D eigenvalue weighted by atomic mass is 35.5. The number of aromatic nitrogens is 3. The van der Waals surface area contributed by atoms with Crippen molar-refractivity contribution in [3.63, 3.8) is 0 Å². The minimum Gasteiger partial charge on any atom is -0.303 e. The first kappa shape index (κ1) is 10.2. The van der Waals surface area contributed by atoms with Gasteiger partial charge in [0.2, 0.25) is 0 Å². The van der Waals surface area contributed by atoms with E-state index < -0.39 is 0 Å². The van der Waals surface area contributed by atoms with Crippen molar-refractivity contribution in [2.24, 2.45) is 0 Å². The zero-order valence-electron chi connectivity index (χ0n) is 8.68. The van der Waals surface area contributed by atoms with E-state index >= 15 is 0 Å². The molecule has 0 bridgehead atoms. The van der Waals surface area contributed by atoms with Crippen molar-refractivity contribution in [1.29, 1.82) is 0 Å². The van der Waals surface area contributed by atoms with Gasteiger partial charge in [0, 0.05) is 11.9 Å². The molecule has 0 N–H and O–H groups in total. The number of nitrogens with zero attached hydrogens (tertiary/aromatic N) is 3. The minimum absolute atomic E-state index is 0.449. The van der Waals surface area contributed by atoms with Crippen LogP contribution in [0.5, 0.6) is 0 Å². The molecule has 2 heterocycles. The van der Waals surface area contributed by atoms with Gasteiger partial charge >= 0.3 is 0 Å². The predicted octanol–water partition coefficient (Wildman–Crippen LogP) is 3.04. The molecule has 0 saturated carbocycles. The Bertz CT molecular complexity index is 445. The van der Waals surface area contributed by atoms with Crippen molar-refractivity contribution in [3.05, 3.63) is 41.7 Å². The van der Waals surface area contributed by atoms with E-state index in [1.807, 2.05) is 22.9 Å². The summed E-state index contributed by atoms with van der Waals surface area (Å²) in [6.07, 6.45) is 5.26. The molecule has 0 aliphatic carbocycles. The smallest absolute Gasteiger partial charge is 0.147 e. The average Bonchev–Trinajstić information content (AvgIpc) is 2.65. The molecule has 78 valence electrons. The second-order valence-electron chi connectivity index (χ2n) is 3.70. The Labute approximate surface area is 93.7 Å². The SMILES string of the molecule is CC(C)c1ccc(-n2cnc(Cl)c2)cn1. The molecule has 0 unspecified atom stereocenters. The largest absolute Gasteiger partial charge is 0.303 e. The Morgan fingerprint density at radius 1 is 1.27 bits per heavy atom. The van der Waals surface area contributed by atoms with E-state index in [0.29, 0.717) is 11.1 Å². The maximum absolute atomic E-state index is 5.74. The quantitative estimate of drug-likeness (QED) is 0.781. The van der Waals surface area contributed by atoms with Crippen LogP contribution in [0, 0.1) is 0 Å². The third-order valence-corrected chi connectivity index (χ3v) is 2.41. The van der Waals surface area contributed by atoms with Gasteiger partial charge in [-0.15, -0.1) is 0 Å². The van der Waals surface area contributed by atoms with Crippen molar-refractivity contribution in [3.8, 4) is 5.69 Å². The molecule has 4 heteroatoms. The van der Waals surface area contributed by atoms with Crippen LogP contribution in [0.3, 0.4) is 0 Å². The highest BCUT2D eigenvalue weighted by molar-refractivity contribution is 6.29. The summed E-state index contributed by atoms with van der Waals surface area (Å²) in [4.78, 5) is 8.32. The van der Waals surface area contributed by atoms with Crippen molar-refractivity contribution < 1.29 is 0 Å². The van der Waals surface area contributed by atoms with E-state index in [-0.39, 0.29) is 0 Å². The molecule has 2 aromatic heterocycles. The number of halogens is 1. The van der Waals surface area contributed by atoms with Gasteiger partial charge in [-0.25, -0.2) is 4.98 Å². The van der Waals surface area contributed by atoms with Crippen molar-refractivity contribution in [2.75, 3.05) is 0 Å². The van der Waals surface area contributed by atoms with Gasteiger partial charge in [-0.3, -0.25) is 4.98 Å². The second-order valence-corrected chi connectivity index (χ2v) is 4.09. The van der Waals surface area contributed by atoms with Crippen LogP contribution in [-0.2, 0) is 0 Å². The molecule has 0 fully saturated rings. The number of pyridine rings is 1. The number of hydrogen-bond donors (Lipinski definition) is 0. The van der Waals surface area contributed by atoms with Crippen LogP contribution < -0.4 is 0 Å². The molecule has 0 saturated heterocycles. The lowest BCUT2D eigenvalue weighted by molar-refractivity contribution is 0.819. The molecule has 0 spiro atoms. The van der Waals surface area contributed by atoms with Crippen LogP contribution >= 0.6 is 11.6 Å². The normalized spacial score (nSPS) is 10.9. The molecule has 15 heavy (non-hydrogen) atoms. The number of rotatable bonds is 2.